The van der Waals surface area contributed by atoms with Gasteiger partial charge in [-0.1, -0.05) is 43.6 Å². The summed E-state index contributed by atoms with van der Waals surface area (Å²) in [6.07, 6.45) is 5.86. The molecule has 68 valence electrons. The van der Waals surface area contributed by atoms with E-state index in [-0.39, 0.29) is 0 Å². The van der Waals surface area contributed by atoms with Crippen LogP contribution >= 0.6 is 11.6 Å². The number of halogens is 1. The lowest BCUT2D eigenvalue weighted by molar-refractivity contribution is 0.864. The van der Waals surface area contributed by atoms with Crippen molar-refractivity contribution in [3.05, 3.63) is 34.3 Å². The molecule has 0 aliphatic carbocycles. The largest absolute Gasteiger partial charge is 0.120 e. The van der Waals surface area contributed by atoms with Gasteiger partial charge in [-0.15, -0.1) is 12.3 Å². The quantitative estimate of drug-likeness (QED) is 0.628. The first kappa shape index (κ1) is 10.2. The smallest absolute Gasteiger partial charge is 0.0482 e. The fraction of sp³-hybridized carbons (Fsp3) is 0.333. The van der Waals surface area contributed by atoms with E-state index in [0.29, 0.717) is 12.3 Å². The van der Waals surface area contributed by atoms with E-state index in [1.165, 1.54) is 5.56 Å². The Labute approximate surface area is 84.9 Å². The molecule has 0 saturated carbocycles. The highest BCUT2D eigenvalue weighted by Crippen LogP contribution is 2.27. The Morgan fingerprint density at radius 3 is 2.69 bits per heavy atom. The summed E-state index contributed by atoms with van der Waals surface area (Å²) in [4.78, 5) is 0. The molecule has 1 aromatic rings. The van der Waals surface area contributed by atoms with Crippen molar-refractivity contribution in [3.63, 3.8) is 0 Å². The summed E-state index contributed by atoms with van der Waals surface area (Å²) >= 11 is 6.19. The Balaban J connectivity index is 3.12. The first-order chi connectivity index (χ1) is 6.16. The predicted octanol–water partition coefficient (Wildman–Crippen LogP) is 3.64. The zero-order valence-corrected chi connectivity index (χ0v) is 8.73. The van der Waals surface area contributed by atoms with Crippen LogP contribution in [0.5, 0.6) is 0 Å². The van der Waals surface area contributed by atoms with Crippen LogP contribution < -0.4 is 0 Å². The number of terminal acetylenes is 1. The van der Waals surface area contributed by atoms with Gasteiger partial charge in [-0.25, -0.2) is 0 Å². The number of rotatable bonds is 2. The molecule has 0 heterocycles. The zero-order valence-electron chi connectivity index (χ0n) is 7.97. The number of hydrogen-bond acceptors (Lipinski definition) is 0. The van der Waals surface area contributed by atoms with E-state index >= 15 is 0 Å². The molecule has 0 saturated heterocycles. The minimum atomic E-state index is 0.449. The van der Waals surface area contributed by atoms with Gasteiger partial charge in [0, 0.05) is 11.4 Å². The van der Waals surface area contributed by atoms with Gasteiger partial charge < -0.3 is 0 Å². The monoisotopic (exact) mass is 192 g/mol. The maximum atomic E-state index is 6.19. The summed E-state index contributed by atoms with van der Waals surface area (Å²) in [5.74, 6) is 3.06. The van der Waals surface area contributed by atoms with Gasteiger partial charge in [-0.05, 0) is 17.0 Å². The van der Waals surface area contributed by atoms with E-state index in [4.69, 9.17) is 18.0 Å². The molecule has 1 heteroatoms. The Hall–Kier alpha value is -0.930. The number of hydrogen-bond donors (Lipinski definition) is 0. The van der Waals surface area contributed by atoms with E-state index < -0.39 is 0 Å². The molecule has 0 nitrogen and oxygen atoms in total. The molecular formula is C12H13Cl. The van der Waals surface area contributed by atoms with Crippen molar-refractivity contribution in [2.45, 2.75) is 26.2 Å². The highest BCUT2D eigenvalue weighted by Gasteiger charge is 2.07. The summed E-state index contributed by atoms with van der Waals surface area (Å²) in [6.45, 7) is 4.25. The van der Waals surface area contributed by atoms with Crippen LogP contribution in [0, 0.1) is 12.3 Å². The van der Waals surface area contributed by atoms with Crippen molar-refractivity contribution in [2.75, 3.05) is 0 Å². The Bertz CT molecular complexity index is 331. The summed E-state index contributed by atoms with van der Waals surface area (Å²) in [6, 6.07) is 6.04. The average molecular weight is 193 g/mol. The molecule has 0 atom stereocenters. The third kappa shape index (κ3) is 2.26. The molecule has 1 rings (SSSR count). The second kappa shape index (κ2) is 4.35. The van der Waals surface area contributed by atoms with Crippen molar-refractivity contribution < 1.29 is 0 Å². The normalized spacial score (nSPS) is 10.1. The second-order valence-electron chi connectivity index (χ2n) is 3.36. The maximum Gasteiger partial charge on any atom is 0.0482 e. The molecule has 0 aromatic heterocycles. The van der Waals surface area contributed by atoms with Crippen LogP contribution in [0.3, 0.4) is 0 Å². The maximum absolute atomic E-state index is 6.19. The van der Waals surface area contributed by atoms with Crippen LogP contribution in [0.2, 0.25) is 5.02 Å². The SMILES string of the molecule is C#CCc1cccc(C(C)C)c1Cl. The lowest BCUT2D eigenvalue weighted by atomic mass is 9.99. The fourth-order valence-electron chi connectivity index (χ4n) is 1.29. The Morgan fingerprint density at radius 1 is 1.46 bits per heavy atom. The van der Waals surface area contributed by atoms with Crippen LogP contribution in [0.1, 0.15) is 30.9 Å². The summed E-state index contributed by atoms with van der Waals surface area (Å²) < 4.78 is 0. The molecule has 13 heavy (non-hydrogen) atoms. The van der Waals surface area contributed by atoms with Crippen molar-refractivity contribution in [1.82, 2.24) is 0 Å². The molecule has 0 unspecified atom stereocenters. The summed E-state index contributed by atoms with van der Waals surface area (Å²) in [7, 11) is 0. The molecular weight excluding hydrogens is 180 g/mol. The van der Waals surface area contributed by atoms with Crippen molar-refractivity contribution in [1.29, 1.82) is 0 Å². The van der Waals surface area contributed by atoms with Gasteiger partial charge >= 0.3 is 0 Å². The molecule has 0 fully saturated rings. The highest BCUT2D eigenvalue weighted by molar-refractivity contribution is 6.32. The average Bonchev–Trinajstić information content (AvgIpc) is 2.08. The lowest BCUT2D eigenvalue weighted by Gasteiger charge is -2.10. The van der Waals surface area contributed by atoms with Gasteiger partial charge in [-0.2, -0.15) is 0 Å². The van der Waals surface area contributed by atoms with Gasteiger partial charge in [0.1, 0.15) is 0 Å². The van der Waals surface area contributed by atoms with E-state index in [1.54, 1.807) is 0 Å². The first-order valence-electron chi connectivity index (χ1n) is 4.37. The second-order valence-corrected chi connectivity index (χ2v) is 3.73. The molecule has 1 aromatic carbocycles. The van der Waals surface area contributed by atoms with Crippen LogP contribution in [0.25, 0.3) is 0 Å². The fourth-order valence-corrected chi connectivity index (χ4v) is 1.70. The third-order valence-electron chi connectivity index (χ3n) is 2.02. The van der Waals surface area contributed by atoms with Crippen molar-refractivity contribution in [2.24, 2.45) is 0 Å². The lowest BCUT2D eigenvalue weighted by Crippen LogP contribution is -1.92. The molecule has 0 radical (unpaired) electrons. The Kier molecular flexibility index (Phi) is 3.39. The first-order valence-corrected chi connectivity index (χ1v) is 4.75. The molecule has 0 amide bonds. The van der Waals surface area contributed by atoms with Gasteiger partial charge in [0.25, 0.3) is 0 Å². The Morgan fingerprint density at radius 2 is 2.15 bits per heavy atom. The van der Waals surface area contributed by atoms with Gasteiger partial charge in [0.15, 0.2) is 0 Å². The van der Waals surface area contributed by atoms with Crippen molar-refractivity contribution in [3.8, 4) is 12.3 Å². The van der Waals surface area contributed by atoms with E-state index in [9.17, 15) is 0 Å². The van der Waals surface area contributed by atoms with Crippen LogP contribution in [-0.4, -0.2) is 0 Å². The van der Waals surface area contributed by atoms with Gasteiger partial charge in [0.2, 0.25) is 0 Å². The van der Waals surface area contributed by atoms with Gasteiger partial charge in [-0.3, -0.25) is 0 Å². The van der Waals surface area contributed by atoms with Crippen LogP contribution in [0.4, 0.5) is 0 Å². The number of benzene rings is 1. The summed E-state index contributed by atoms with van der Waals surface area (Å²) in [5.41, 5.74) is 2.23. The van der Waals surface area contributed by atoms with E-state index in [0.717, 1.165) is 10.6 Å². The van der Waals surface area contributed by atoms with Gasteiger partial charge in [0.05, 0.1) is 0 Å². The van der Waals surface area contributed by atoms with Crippen LogP contribution in [0.15, 0.2) is 18.2 Å². The standard InChI is InChI=1S/C12H13Cl/c1-4-6-10-7-5-8-11(9(2)3)12(10)13/h1,5,7-9H,6H2,2-3H3. The van der Waals surface area contributed by atoms with E-state index in [1.807, 2.05) is 18.2 Å². The molecule has 0 N–H and O–H groups in total. The predicted molar refractivity (Wildman–Crippen MR) is 58.1 cm³/mol. The third-order valence-corrected chi connectivity index (χ3v) is 2.48. The minimum absolute atomic E-state index is 0.449. The highest BCUT2D eigenvalue weighted by atomic mass is 35.5. The molecule has 0 aliphatic heterocycles. The summed E-state index contributed by atoms with van der Waals surface area (Å²) in [5, 5.41) is 0.829. The topological polar surface area (TPSA) is 0 Å². The van der Waals surface area contributed by atoms with Crippen LogP contribution in [-0.2, 0) is 6.42 Å². The minimum Gasteiger partial charge on any atom is -0.120 e. The molecule has 0 bridgehead atoms. The van der Waals surface area contributed by atoms with Crippen molar-refractivity contribution >= 4 is 11.6 Å². The zero-order chi connectivity index (χ0) is 9.84. The molecule has 0 aliphatic rings. The van der Waals surface area contributed by atoms with E-state index in [2.05, 4.69) is 19.8 Å². The molecule has 0 spiro atoms.